The molecule has 0 saturated heterocycles. The van der Waals surface area contributed by atoms with Gasteiger partial charge < -0.3 is 5.73 Å². The maximum Gasteiger partial charge on any atom is 0.216 e. The number of nitrogens with one attached hydrogen (secondary N) is 1. The fourth-order valence-electron chi connectivity index (χ4n) is 2.42. The first-order valence-corrected chi connectivity index (χ1v) is 8.95. The monoisotopic (exact) mass is 296 g/mol. The SMILES string of the molecule is CCC(CC1CC1)NS(=O)(=O)Cc1cccc(CN)c1. The summed E-state index contributed by atoms with van der Waals surface area (Å²) < 4.78 is 27.3. The predicted molar refractivity (Wildman–Crippen MR) is 81.5 cm³/mol. The number of sulfonamides is 1. The second kappa shape index (κ2) is 6.70. The van der Waals surface area contributed by atoms with E-state index >= 15 is 0 Å². The third-order valence-electron chi connectivity index (χ3n) is 3.74. The van der Waals surface area contributed by atoms with Crippen LogP contribution in [0.15, 0.2) is 24.3 Å². The Bertz CT molecular complexity index is 539. The Morgan fingerprint density at radius 2 is 2.05 bits per heavy atom. The molecule has 0 heterocycles. The molecule has 1 saturated carbocycles. The van der Waals surface area contributed by atoms with Crippen LogP contribution in [-0.4, -0.2) is 14.5 Å². The van der Waals surface area contributed by atoms with Crippen LogP contribution in [0.3, 0.4) is 0 Å². The van der Waals surface area contributed by atoms with Gasteiger partial charge in [-0.25, -0.2) is 13.1 Å². The Balaban J connectivity index is 1.97. The summed E-state index contributed by atoms with van der Waals surface area (Å²) in [6.45, 7) is 2.46. The molecule has 0 aromatic heterocycles. The van der Waals surface area contributed by atoms with E-state index in [4.69, 9.17) is 5.73 Å². The molecule has 1 aliphatic carbocycles. The molecule has 1 aromatic rings. The lowest BCUT2D eigenvalue weighted by Crippen LogP contribution is -2.35. The zero-order chi connectivity index (χ0) is 14.6. The largest absolute Gasteiger partial charge is 0.326 e. The molecule has 3 N–H and O–H groups in total. The average molecular weight is 296 g/mol. The van der Waals surface area contributed by atoms with Gasteiger partial charge in [-0.15, -0.1) is 0 Å². The lowest BCUT2D eigenvalue weighted by molar-refractivity contribution is 0.495. The normalized spacial score (nSPS) is 17.1. The van der Waals surface area contributed by atoms with E-state index in [1.165, 1.54) is 12.8 Å². The van der Waals surface area contributed by atoms with E-state index in [0.29, 0.717) is 6.54 Å². The Kier molecular flexibility index (Phi) is 5.18. The van der Waals surface area contributed by atoms with Gasteiger partial charge in [0.25, 0.3) is 0 Å². The van der Waals surface area contributed by atoms with Crippen molar-refractivity contribution in [1.82, 2.24) is 4.72 Å². The van der Waals surface area contributed by atoms with Crippen LogP contribution in [0.5, 0.6) is 0 Å². The predicted octanol–water partition coefficient (Wildman–Crippen LogP) is 2.14. The highest BCUT2D eigenvalue weighted by atomic mass is 32.2. The van der Waals surface area contributed by atoms with Crippen LogP contribution in [0.1, 0.15) is 43.7 Å². The molecular formula is C15H24N2O2S. The van der Waals surface area contributed by atoms with E-state index in [0.717, 1.165) is 29.9 Å². The Morgan fingerprint density at radius 3 is 2.65 bits per heavy atom. The topological polar surface area (TPSA) is 72.2 Å². The maximum atomic E-state index is 12.2. The highest BCUT2D eigenvalue weighted by Gasteiger charge is 2.27. The number of nitrogens with two attached hydrogens (primary N) is 1. The third kappa shape index (κ3) is 4.89. The van der Waals surface area contributed by atoms with Crippen LogP contribution in [0, 0.1) is 5.92 Å². The maximum absolute atomic E-state index is 12.2. The molecular weight excluding hydrogens is 272 g/mol. The first-order chi connectivity index (χ1) is 9.52. The minimum absolute atomic E-state index is 0.0298. The molecule has 4 nitrogen and oxygen atoms in total. The quantitative estimate of drug-likeness (QED) is 0.772. The number of rotatable bonds is 8. The Morgan fingerprint density at radius 1 is 1.35 bits per heavy atom. The second-order valence-corrected chi connectivity index (χ2v) is 7.44. The fraction of sp³-hybridized carbons (Fsp3) is 0.600. The average Bonchev–Trinajstić information content (AvgIpc) is 3.21. The van der Waals surface area contributed by atoms with Crippen molar-refractivity contribution in [3.63, 3.8) is 0 Å². The van der Waals surface area contributed by atoms with Crippen molar-refractivity contribution >= 4 is 10.0 Å². The summed E-state index contributed by atoms with van der Waals surface area (Å²) >= 11 is 0. The number of benzene rings is 1. The van der Waals surface area contributed by atoms with Gasteiger partial charge in [-0.05, 0) is 29.9 Å². The summed E-state index contributed by atoms with van der Waals surface area (Å²) in [5, 5.41) is 0. The molecule has 2 rings (SSSR count). The van der Waals surface area contributed by atoms with Gasteiger partial charge in [0.05, 0.1) is 5.75 Å². The number of hydrogen-bond donors (Lipinski definition) is 2. The lowest BCUT2D eigenvalue weighted by Gasteiger charge is -2.17. The van der Waals surface area contributed by atoms with Crippen molar-refractivity contribution in [2.45, 2.75) is 50.9 Å². The molecule has 0 radical (unpaired) electrons. The van der Waals surface area contributed by atoms with Crippen molar-refractivity contribution in [3.05, 3.63) is 35.4 Å². The van der Waals surface area contributed by atoms with Crippen molar-refractivity contribution < 1.29 is 8.42 Å². The highest BCUT2D eigenvalue weighted by Crippen LogP contribution is 2.34. The van der Waals surface area contributed by atoms with E-state index in [1.54, 1.807) is 0 Å². The molecule has 1 fully saturated rings. The second-order valence-electron chi connectivity index (χ2n) is 5.69. The van der Waals surface area contributed by atoms with E-state index < -0.39 is 10.0 Å². The van der Waals surface area contributed by atoms with Crippen LogP contribution >= 0.6 is 0 Å². The molecule has 5 heteroatoms. The summed E-state index contributed by atoms with van der Waals surface area (Å²) in [4.78, 5) is 0. The first-order valence-electron chi connectivity index (χ1n) is 7.30. The smallest absolute Gasteiger partial charge is 0.216 e. The molecule has 1 unspecified atom stereocenters. The summed E-state index contributed by atoms with van der Waals surface area (Å²) in [6.07, 6.45) is 4.31. The minimum atomic E-state index is -3.28. The van der Waals surface area contributed by atoms with Gasteiger partial charge in [0, 0.05) is 12.6 Å². The molecule has 0 spiro atoms. The van der Waals surface area contributed by atoms with Crippen LogP contribution < -0.4 is 10.5 Å². The van der Waals surface area contributed by atoms with Crippen molar-refractivity contribution in [3.8, 4) is 0 Å². The Labute approximate surface area is 121 Å². The molecule has 0 bridgehead atoms. The summed E-state index contributed by atoms with van der Waals surface area (Å²) in [5.74, 6) is 0.755. The standard InChI is InChI=1S/C15H24N2O2S/c1-2-15(9-12-6-7-12)17-20(18,19)11-14-5-3-4-13(8-14)10-16/h3-5,8,12,15,17H,2,6-7,9-11,16H2,1H3. The van der Waals surface area contributed by atoms with Gasteiger partial charge in [-0.1, -0.05) is 44.0 Å². The van der Waals surface area contributed by atoms with Gasteiger partial charge in [0.2, 0.25) is 10.0 Å². The molecule has 112 valence electrons. The fourth-order valence-corrected chi connectivity index (χ4v) is 3.89. The molecule has 20 heavy (non-hydrogen) atoms. The zero-order valence-electron chi connectivity index (χ0n) is 12.0. The van der Waals surface area contributed by atoms with Gasteiger partial charge in [0.1, 0.15) is 0 Å². The van der Waals surface area contributed by atoms with Crippen LogP contribution in [0.2, 0.25) is 0 Å². The van der Waals surface area contributed by atoms with Crippen molar-refractivity contribution in [2.24, 2.45) is 11.7 Å². The highest BCUT2D eigenvalue weighted by molar-refractivity contribution is 7.88. The molecule has 1 aliphatic rings. The molecule has 1 aromatic carbocycles. The van der Waals surface area contributed by atoms with Crippen molar-refractivity contribution in [1.29, 1.82) is 0 Å². The van der Waals surface area contributed by atoms with E-state index in [9.17, 15) is 8.42 Å². The van der Waals surface area contributed by atoms with E-state index in [-0.39, 0.29) is 11.8 Å². The van der Waals surface area contributed by atoms with Crippen LogP contribution in [-0.2, 0) is 22.3 Å². The number of hydrogen-bond acceptors (Lipinski definition) is 3. The third-order valence-corrected chi connectivity index (χ3v) is 5.14. The zero-order valence-corrected chi connectivity index (χ0v) is 12.8. The van der Waals surface area contributed by atoms with Crippen LogP contribution in [0.25, 0.3) is 0 Å². The van der Waals surface area contributed by atoms with Gasteiger partial charge >= 0.3 is 0 Å². The van der Waals surface area contributed by atoms with E-state index in [1.807, 2.05) is 31.2 Å². The summed E-state index contributed by atoms with van der Waals surface area (Å²) in [5.41, 5.74) is 7.34. The molecule has 1 atom stereocenters. The summed E-state index contributed by atoms with van der Waals surface area (Å²) in [6, 6.07) is 7.53. The van der Waals surface area contributed by atoms with Gasteiger partial charge in [-0.2, -0.15) is 0 Å². The lowest BCUT2D eigenvalue weighted by atomic mass is 10.1. The van der Waals surface area contributed by atoms with Crippen molar-refractivity contribution in [2.75, 3.05) is 0 Å². The van der Waals surface area contributed by atoms with Crippen LogP contribution in [0.4, 0.5) is 0 Å². The van der Waals surface area contributed by atoms with Gasteiger partial charge in [0.15, 0.2) is 0 Å². The van der Waals surface area contributed by atoms with Gasteiger partial charge in [-0.3, -0.25) is 0 Å². The Hall–Kier alpha value is -0.910. The molecule has 0 amide bonds. The first kappa shape index (κ1) is 15.5. The summed E-state index contributed by atoms with van der Waals surface area (Å²) in [7, 11) is -3.28. The minimum Gasteiger partial charge on any atom is -0.326 e. The van der Waals surface area contributed by atoms with E-state index in [2.05, 4.69) is 4.72 Å². The molecule has 0 aliphatic heterocycles.